The number of carbonyl (C=O) groups is 3. The van der Waals surface area contributed by atoms with Crippen LogP contribution in [0.2, 0.25) is 0 Å². The first kappa shape index (κ1) is 28.8. The van der Waals surface area contributed by atoms with E-state index in [-0.39, 0.29) is 0 Å². The molecule has 186 valence electrons. The summed E-state index contributed by atoms with van der Waals surface area (Å²) in [5.41, 5.74) is 0.174. The quantitative estimate of drug-likeness (QED) is 0.328. The summed E-state index contributed by atoms with van der Waals surface area (Å²) >= 11 is 0. The standard InChI is InChI=1S/C20H27N.C6H8O7/c1-2-21(17-9-15-19-11-5-3-6-12-19)18-10-16-20-13-7-4-8-14-20;7-3(8)1-6(13,5(11)12)2-4(9)10/h3-8,11-14H,2,9-10,15-18H2,1H3;13H,1-2H2,(H,7,8)(H,9,10)(H,11,12). The Hall–Kier alpha value is -3.23. The normalized spacial score (nSPS) is 10.9. The molecule has 0 spiro atoms. The van der Waals surface area contributed by atoms with Gasteiger partial charge in [0.25, 0.3) is 0 Å². The summed E-state index contributed by atoms with van der Waals surface area (Å²) in [5.74, 6) is -5.02. The van der Waals surface area contributed by atoms with Crippen LogP contribution in [0.15, 0.2) is 60.7 Å². The van der Waals surface area contributed by atoms with Gasteiger partial charge < -0.3 is 25.3 Å². The molecule has 0 unspecified atom stereocenters. The van der Waals surface area contributed by atoms with E-state index in [0.29, 0.717) is 0 Å². The topological polar surface area (TPSA) is 135 Å². The Morgan fingerprint density at radius 2 is 1.12 bits per heavy atom. The predicted molar refractivity (Wildman–Crippen MR) is 129 cm³/mol. The largest absolute Gasteiger partial charge is 0.481 e. The van der Waals surface area contributed by atoms with Crippen molar-refractivity contribution in [3.63, 3.8) is 0 Å². The van der Waals surface area contributed by atoms with Crippen LogP contribution in [0.25, 0.3) is 0 Å². The molecule has 0 fully saturated rings. The molecule has 2 aromatic rings. The summed E-state index contributed by atoms with van der Waals surface area (Å²) in [4.78, 5) is 33.1. The van der Waals surface area contributed by atoms with Crippen LogP contribution in [-0.2, 0) is 27.2 Å². The monoisotopic (exact) mass is 473 g/mol. The third kappa shape index (κ3) is 12.1. The molecule has 0 saturated heterocycles. The first-order valence-corrected chi connectivity index (χ1v) is 11.4. The minimum Gasteiger partial charge on any atom is -0.481 e. The van der Waals surface area contributed by atoms with Crippen LogP contribution in [0.1, 0.15) is 43.7 Å². The van der Waals surface area contributed by atoms with E-state index in [0.717, 1.165) is 6.54 Å². The maximum absolute atomic E-state index is 10.3. The lowest BCUT2D eigenvalue weighted by atomic mass is 9.96. The molecule has 0 aliphatic carbocycles. The smallest absolute Gasteiger partial charge is 0.336 e. The zero-order valence-electron chi connectivity index (χ0n) is 19.6. The Balaban J connectivity index is 0.000000385. The Bertz CT molecular complexity index is 810. The number of carboxylic acids is 3. The molecule has 8 nitrogen and oxygen atoms in total. The zero-order chi connectivity index (χ0) is 25.4. The summed E-state index contributed by atoms with van der Waals surface area (Å²) in [6.07, 6.45) is 2.60. The number of hydrogen-bond donors (Lipinski definition) is 4. The highest BCUT2D eigenvalue weighted by atomic mass is 16.4. The number of aliphatic carboxylic acids is 3. The van der Waals surface area contributed by atoms with Crippen molar-refractivity contribution in [3.05, 3.63) is 71.8 Å². The van der Waals surface area contributed by atoms with E-state index in [1.807, 2.05) is 0 Å². The van der Waals surface area contributed by atoms with E-state index in [1.165, 1.54) is 49.9 Å². The van der Waals surface area contributed by atoms with Crippen molar-refractivity contribution in [3.8, 4) is 0 Å². The van der Waals surface area contributed by atoms with Crippen molar-refractivity contribution in [1.82, 2.24) is 4.90 Å². The Morgan fingerprint density at radius 1 is 0.735 bits per heavy atom. The van der Waals surface area contributed by atoms with Gasteiger partial charge in [-0.25, -0.2) is 4.79 Å². The van der Waals surface area contributed by atoms with Crippen molar-refractivity contribution in [2.75, 3.05) is 19.6 Å². The van der Waals surface area contributed by atoms with E-state index in [1.54, 1.807) is 0 Å². The molecule has 0 amide bonds. The van der Waals surface area contributed by atoms with Crippen molar-refractivity contribution in [1.29, 1.82) is 0 Å². The number of hydrogen-bond acceptors (Lipinski definition) is 5. The van der Waals surface area contributed by atoms with Crippen molar-refractivity contribution < 1.29 is 34.8 Å². The molecule has 2 rings (SSSR count). The molecule has 0 aliphatic rings. The molecule has 0 radical (unpaired) electrons. The van der Waals surface area contributed by atoms with Gasteiger partial charge in [-0.3, -0.25) is 9.59 Å². The molecular weight excluding hydrogens is 438 g/mol. The number of nitrogens with zero attached hydrogens (tertiary/aromatic N) is 1. The van der Waals surface area contributed by atoms with E-state index in [2.05, 4.69) is 72.5 Å². The van der Waals surface area contributed by atoms with E-state index in [9.17, 15) is 14.4 Å². The van der Waals surface area contributed by atoms with Crippen molar-refractivity contribution in [2.45, 2.75) is 51.0 Å². The van der Waals surface area contributed by atoms with Gasteiger partial charge in [-0.05, 0) is 56.4 Å². The van der Waals surface area contributed by atoms with Crippen LogP contribution in [0.5, 0.6) is 0 Å². The molecule has 0 bridgehead atoms. The van der Waals surface area contributed by atoms with Gasteiger partial charge in [0.15, 0.2) is 5.60 Å². The molecule has 4 N–H and O–H groups in total. The van der Waals surface area contributed by atoms with Gasteiger partial charge in [0.05, 0.1) is 12.8 Å². The van der Waals surface area contributed by atoms with Crippen LogP contribution in [0, 0.1) is 0 Å². The fourth-order valence-electron chi connectivity index (χ4n) is 3.45. The highest BCUT2D eigenvalue weighted by Gasteiger charge is 2.40. The van der Waals surface area contributed by atoms with Gasteiger partial charge in [0.2, 0.25) is 0 Å². The average Bonchev–Trinajstić information content (AvgIpc) is 2.79. The van der Waals surface area contributed by atoms with Gasteiger partial charge in [0.1, 0.15) is 0 Å². The lowest BCUT2D eigenvalue weighted by Gasteiger charge is -2.20. The van der Waals surface area contributed by atoms with Gasteiger partial charge in [-0.2, -0.15) is 0 Å². The van der Waals surface area contributed by atoms with Crippen LogP contribution in [-0.4, -0.2) is 68.5 Å². The Labute approximate surface area is 200 Å². The van der Waals surface area contributed by atoms with E-state index in [4.69, 9.17) is 20.4 Å². The predicted octanol–water partition coefficient (Wildman–Crippen LogP) is 3.33. The summed E-state index contributed by atoms with van der Waals surface area (Å²) < 4.78 is 0. The fraction of sp³-hybridized carbons (Fsp3) is 0.423. The maximum Gasteiger partial charge on any atom is 0.336 e. The summed E-state index contributed by atoms with van der Waals surface area (Å²) in [5, 5.41) is 33.8. The lowest BCUT2D eigenvalue weighted by molar-refractivity contribution is -0.170. The van der Waals surface area contributed by atoms with Crippen molar-refractivity contribution in [2.24, 2.45) is 0 Å². The third-order valence-electron chi connectivity index (χ3n) is 5.30. The average molecular weight is 474 g/mol. The number of benzene rings is 2. The number of rotatable bonds is 14. The summed E-state index contributed by atoms with van der Waals surface area (Å²) in [6, 6.07) is 21.6. The minimum atomic E-state index is -2.74. The fourth-order valence-corrected chi connectivity index (χ4v) is 3.45. The molecular formula is C26H35NO7. The van der Waals surface area contributed by atoms with Crippen LogP contribution >= 0.6 is 0 Å². The molecule has 0 saturated carbocycles. The summed E-state index contributed by atoms with van der Waals surface area (Å²) in [7, 11) is 0. The number of aliphatic hydroxyl groups is 1. The molecule has 34 heavy (non-hydrogen) atoms. The first-order chi connectivity index (χ1) is 16.2. The van der Waals surface area contributed by atoms with E-state index < -0.39 is 36.4 Å². The first-order valence-electron chi connectivity index (χ1n) is 11.4. The van der Waals surface area contributed by atoms with Gasteiger partial charge in [-0.15, -0.1) is 0 Å². The highest BCUT2D eigenvalue weighted by molar-refractivity contribution is 5.88. The second-order valence-electron chi connectivity index (χ2n) is 8.09. The highest BCUT2D eigenvalue weighted by Crippen LogP contribution is 2.15. The summed E-state index contributed by atoms with van der Waals surface area (Å²) in [6.45, 7) is 5.84. The van der Waals surface area contributed by atoms with Gasteiger partial charge in [-0.1, -0.05) is 67.6 Å². The van der Waals surface area contributed by atoms with Crippen molar-refractivity contribution >= 4 is 17.9 Å². The minimum absolute atomic E-state index is 1.14. The molecule has 0 heterocycles. The van der Waals surface area contributed by atoms with Gasteiger partial charge >= 0.3 is 17.9 Å². The second-order valence-corrected chi connectivity index (χ2v) is 8.09. The maximum atomic E-state index is 10.3. The van der Waals surface area contributed by atoms with Crippen LogP contribution in [0.3, 0.4) is 0 Å². The number of aryl methyl sites for hydroxylation is 2. The lowest BCUT2D eigenvalue weighted by Crippen LogP contribution is -2.42. The second kappa shape index (κ2) is 15.6. The van der Waals surface area contributed by atoms with E-state index >= 15 is 0 Å². The third-order valence-corrected chi connectivity index (χ3v) is 5.30. The molecule has 0 atom stereocenters. The van der Waals surface area contributed by atoms with Crippen LogP contribution < -0.4 is 0 Å². The molecule has 0 aliphatic heterocycles. The molecule has 0 aromatic heterocycles. The molecule has 2 aromatic carbocycles. The van der Waals surface area contributed by atoms with Gasteiger partial charge in [0, 0.05) is 0 Å². The zero-order valence-corrected chi connectivity index (χ0v) is 19.6. The van der Waals surface area contributed by atoms with Crippen LogP contribution in [0.4, 0.5) is 0 Å². The number of carboxylic acid groups (broad SMARTS) is 3. The SMILES string of the molecule is CCN(CCCc1ccccc1)CCCc1ccccc1.O=C(O)CC(O)(CC(=O)O)C(=O)O. The Morgan fingerprint density at radius 3 is 1.41 bits per heavy atom. The Kier molecular flexibility index (Phi) is 13.2. The molecule has 8 heteroatoms.